The lowest BCUT2D eigenvalue weighted by atomic mass is 9.92. The number of fused-ring (bicyclic) bond motifs is 1. The highest BCUT2D eigenvalue weighted by molar-refractivity contribution is 6.05. The van der Waals surface area contributed by atoms with Gasteiger partial charge in [-0.15, -0.1) is 0 Å². The average molecular weight is 436 g/mol. The molecule has 9 nitrogen and oxygen atoms in total. The van der Waals surface area contributed by atoms with E-state index in [2.05, 4.69) is 42.4 Å². The minimum atomic E-state index is -0.529. The van der Waals surface area contributed by atoms with Crippen molar-refractivity contribution in [3.05, 3.63) is 48.5 Å². The predicted molar refractivity (Wildman–Crippen MR) is 123 cm³/mol. The Hall–Kier alpha value is -3.01. The number of nitrogens with two attached hydrogens (primary N) is 1. The predicted octanol–water partition coefficient (Wildman–Crippen LogP) is 2.06. The lowest BCUT2D eigenvalue weighted by Crippen LogP contribution is -2.59. The van der Waals surface area contributed by atoms with Crippen molar-refractivity contribution in [2.75, 3.05) is 23.3 Å². The molecule has 2 fully saturated rings. The standard InChI is InChI=1S/C23H29N7O2/c1-14-12-29(13-19(28-24)21(14)31)20-7-9-25-11-18(20)27-23(32)17-6-5-15-8-10-30(22(15)26-17)16-3-2-4-16/h5-11,14,16,19,21,28,31H,2-4,12-13,24H2,1H3,(H,27,32)/t14-,19+,21+/m0/s1. The molecule has 3 aromatic heterocycles. The fraction of sp³-hybridized carbons (Fsp3) is 0.435. The van der Waals surface area contributed by atoms with Gasteiger partial charge in [-0.1, -0.05) is 6.92 Å². The number of hydrogen-bond donors (Lipinski definition) is 4. The van der Waals surface area contributed by atoms with Crippen LogP contribution in [0.4, 0.5) is 11.4 Å². The second-order valence-corrected chi connectivity index (χ2v) is 8.91. The van der Waals surface area contributed by atoms with Gasteiger partial charge in [0.25, 0.3) is 5.91 Å². The molecule has 1 saturated heterocycles. The maximum absolute atomic E-state index is 13.1. The van der Waals surface area contributed by atoms with E-state index >= 15 is 0 Å². The van der Waals surface area contributed by atoms with Crippen LogP contribution in [0.25, 0.3) is 11.0 Å². The molecule has 0 aromatic carbocycles. The molecule has 1 saturated carbocycles. The number of aliphatic hydroxyl groups is 1. The Kier molecular flexibility index (Phi) is 5.54. The number of nitrogens with one attached hydrogen (secondary N) is 2. The Labute approximate surface area is 186 Å². The molecule has 3 atom stereocenters. The minimum absolute atomic E-state index is 0.0184. The van der Waals surface area contributed by atoms with Gasteiger partial charge < -0.3 is 19.9 Å². The number of hydrogen-bond acceptors (Lipinski definition) is 7. The molecule has 5 N–H and O–H groups in total. The SMILES string of the molecule is C[C@H]1CN(c2ccncc2NC(=O)c2ccc3ccn(C4CCC4)c3n2)C[C@@H](NN)[C@@H]1O. The molecule has 0 radical (unpaired) electrons. The molecule has 1 aliphatic carbocycles. The summed E-state index contributed by atoms with van der Waals surface area (Å²) >= 11 is 0. The minimum Gasteiger partial charge on any atom is -0.391 e. The number of anilines is 2. The van der Waals surface area contributed by atoms with E-state index in [0.717, 1.165) is 29.6 Å². The van der Waals surface area contributed by atoms with Crippen LogP contribution in [0.1, 0.15) is 42.7 Å². The first-order chi connectivity index (χ1) is 15.5. The summed E-state index contributed by atoms with van der Waals surface area (Å²) in [4.78, 5) is 24.1. The summed E-state index contributed by atoms with van der Waals surface area (Å²) in [6.07, 6.45) is 8.42. The molecule has 4 heterocycles. The summed E-state index contributed by atoms with van der Waals surface area (Å²) in [6, 6.07) is 7.83. The van der Waals surface area contributed by atoms with E-state index in [1.54, 1.807) is 18.5 Å². The Morgan fingerprint density at radius 3 is 2.81 bits per heavy atom. The molecule has 2 aliphatic rings. The summed E-state index contributed by atoms with van der Waals surface area (Å²) in [5.74, 6) is 5.39. The van der Waals surface area contributed by atoms with Gasteiger partial charge in [0, 0.05) is 42.8 Å². The summed E-state index contributed by atoms with van der Waals surface area (Å²) in [6.45, 7) is 3.15. The number of aromatic nitrogens is 3. The first kappa shape index (κ1) is 20.9. The van der Waals surface area contributed by atoms with Gasteiger partial charge in [0.1, 0.15) is 11.3 Å². The third-order valence-electron chi connectivity index (χ3n) is 6.79. The van der Waals surface area contributed by atoms with Crippen LogP contribution in [0, 0.1) is 5.92 Å². The van der Waals surface area contributed by atoms with E-state index in [1.807, 2.05) is 19.1 Å². The highest BCUT2D eigenvalue weighted by Crippen LogP contribution is 2.34. The van der Waals surface area contributed by atoms with E-state index in [9.17, 15) is 9.90 Å². The van der Waals surface area contributed by atoms with Crippen LogP contribution in [-0.2, 0) is 0 Å². The van der Waals surface area contributed by atoms with Crippen LogP contribution in [-0.4, -0.2) is 50.8 Å². The molecule has 3 aromatic rings. The smallest absolute Gasteiger partial charge is 0.274 e. The Balaban J connectivity index is 1.39. The van der Waals surface area contributed by atoms with E-state index < -0.39 is 6.10 Å². The van der Waals surface area contributed by atoms with Crippen LogP contribution in [0.2, 0.25) is 0 Å². The van der Waals surface area contributed by atoms with E-state index in [0.29, 0.717) is 30.5 Å². The van der Waals surface area contributed by atoms with Crippen LogP contribution >= 0.6 is 0 Å². The second kappa shape index (κ2) is 8.50. The van der Waals surface area contributed by atoms with Crippen molar-refractivity contribution in [3.8, 4) is 0 Å². The molecule has 32 heavy (non-hydrogen) atoms. The number of pyridine rings is 2. The highest BCUT2D eigenvalue weighted by atomic mass is 16.3. The molecule has 1 amide bonds. The lowest BCUT2D eigenvalue weighted by Gasteiger charge is -2.41. The van der Waals surface area contributed by atoms with Crippen LogP contribution in [0.15, 0.2) is 42.9 Å². The molecule has 0 spiro atoms. The lowest BCUT2D eigenvalue weighted by molar-refractivity contribution is 0.0643. The van der Waals surface area contributed by atoms with Crippen molar-refractivity contribution in [1.29, 1.82) is 0 Å². The van der Waals surface area contributed by atoms with Gasteiger partial charge in [0.05, 0.1) is 29.7 Å². The molecule has 1 aliphatic heterocycles. The number of rotatable bonds is 5. The van der Waals surface area contributed by atoms with E-state index in [1.165, 1.54) is 6.42 Å². The summed E-state index contributed by atoms with van der Waals surface area (Å²) in [5.41, 5.74) is 5.37. The maximum Gasteiger partial charge on any atom is 0.274 e. The molecular weight excluding hydrogens is 406 g/mol. The number of hydrazine groups is 1. The van der Waals surface area contributed by atoms with Gasteiger partial charge in [-0.3, -0.25) is 21.0 Å². The Morgan fingerprint density at radius 1 is 1.22 bits per heavy atom. The summed E-state index contributed by atoms with van der Waals surface area (Å²) < 4.78 is 2.19. The normalized spacial score (nSPS) is 23.8. The van der Waals surface area contributed by atoms with Crippen LogP contribution < -0.4 is 21.5 Å². The third kappa shape index (κ3) is 3.72. The third-order valence-corrected chi connectivity index (χ3v) is 6.79. The Bertz CT molecular complexity index is 1130. The zero-order chi connectivity index (χ0) is 22.2. The number of nitrogens with zero attached hydrogens (tertiary/aromatic N) is 4. The van der Waals surface area contributed by atoms with Gasteiger partial charge in [-0.2, -0.15) is 0 Å². The maximum atomic E-state index is 13.1. The molecule has 5 rings (SSSR count). The molecule has 9 heteroatoms. The number of carbonyl (C=O) groups is 1. The van der Waals surface area contributed by atoms with Gasteiger partial charge in [-0.25, -0.2) is 4.98 Å². The van der Waals surface area contributed by atoms with Crippen molar-refractivity contribution in [1.82, 2.24) is 20.0 Å². The number of carbonyl (C=O) groups excluding carboxylic acids is 1. The second-order valence-electron chi connectivity index (χ2n) is 8.91. The number of aliphatic hydroxyl groups excluding tert-OH is 1. The topological polar surface area (TPSA) is 121 Å². The van der Waals surface area contributed by atoms with Gasteiger partial charge >= 0.3 is 0 Å². The van der Waals surface area contributed by atoms with Crippen molar-refractivity contribution in [2.45, 2.75) is 44.4 Å². The summed E-state index contributed by atoms with van der Waals surface area (Å²) in [7, 11) is 0. The van der Waals surface area contributed by atoms with Gasteiger partial charge in [0.2, 0.25) is 0 Å². The van der Waals surface area contributed by atoms with Gasteiger partial charge in [0.15, 0.2) is 0 Å². The first-order valence-electron chi connectivity index (χ1n) is 11.2. The molecular formula is C23H29N7O2. The number of amides is 1. The molecule has 0 unspecified atom stereocenters. The Morgan fingerprint density at radius 2 is 2.06 bits per heavy atom. The largest absolute Gasteiger partial charge is 0.391 e. The fourth-order valence-corrected chi connectivity index (χ4v) is 4.68. The molecule has 0 bridgehead atoms. The van der Waals surface area contributed by atoms with Crippen LogP contribution in [0.5, 0.6) is 0 Å². The molecule has 168 valence electrons. The van der Waals surface area contributed by atoms with Gasteiger partial charge in [-0.05, 0) is 43.5 Å². The number of piperidine rings is 1. The van der Waals surface area contributed by atoms with Crippen molar-refractivity contribution in [3.63, 3.8) is 0 Å². The summed E-state index contributed by atoms with van der Waals surface area (Å²) in [5, 5.41) is 14.4. The zero-order valence-electron chi connectivity index (χ0n) is 18.1. The van der Waals surface area contributed by atoms with Crippen LogP contribution in [0.3, 0.4) is 0 Å². The quantitative estimate of drug-likeness (QED) is 0.357. The van der Waals surface area contributed by atoms with Crippen molar-refractivity contribution in [2.24, 2.45) is 11.8 Å². The highest BCUT2D eigenvalue weighted by Gasteiger charge is 2.33. The van der Waals surface area contributed by atoms with Crippen molar-refractivity contribution < 1.29 is 9.90 Å². The first-order valence-corrected chi connectivity index (χ1v) is 11.2. The average Bonchev–Trinajstić information content (AvgIpc) is 3.17. The van der Waals surface area contributed by atoms with Crippen molar-refractivity contribution >= 4 is 28.3 Å². The zero-order valence-corrected chi connectivity index (χ0v) is 18.1. The monoisotopic (exact) mass is 435 g/mol. The fourth-order valence-electron chi connectivity index (χ4n) is 4.68. The van der Waals surface area contributed by atoms with E-state index in [4.69, 9.17) is 5.84 Å². The van der Waals surface area contributed by atoms with E-state index in [-0.39, 0.29) is 17.9 Å².